The molecule has 7 aromatic rings. The van der Waals surface area contributed by atoms with Crippen LogP contribution in [0.1, 0.15) is 0 Å². The molecule has 4 aromatic carbocycles. The van der Waals surface area contributed by atoms with E-state index in [4.69, 9.17) is 4.42 Å². The summed E-state index contributed by atoms with van der Waals surface area (Å²) in [5.41, 5.74) is 5.62. The SMILES string of the molecule is c1ccc(-c2ccc(-n3c4ccccc4c4c5ccccc5n(-c5ccccc5)c43)o2)cc1. The quantitative estimate of drug-likeness (QED) is 0.282. The molecule has 0 amide bonds. The monoisotopic (exact) mass is 424 g/mol. The fourth-order valence-electron chi connectivity index (χ4n) is 4.96. The van der Waals surface area contributed by atoms with Crippen molar-refractivity contribution in [2.24, 2.45) is 0 Å². The summed E-state index contributed by atoms with van der Waals surface area (Å²) in [6.07, 6.45) is 0. The molecule has 33 heavy (non-hydrogen) atoms. The Morgan fingerprint density at radius 2 is 1.06 bits per heavy atom. The Balaban J connectivity index is 1.63. The van der Waals surface area contributed by atoms with Crippen LogP contribution in [-0.2, 0) is 0 Å². The molecule has 0 aliphatic heterocycles. The lowest BCUT2D eigenvalue weighted by Gasteiger charge is -2.11. The van der Waals surface area contributed by atoms with Gasteiger partial charge in [-0.1, -0.05) is 84.9 Å². The molecule has 156 valence electrons. The zero-order valence-corrected chi connectivity index (χ0v) is 17.8. The van der Waals surface area contributed by atoms with Crippen LogP contribution in [-0.4, -0.2) is 9.13 Å². The van der Waals surface area contributed by atoms with E-state index < -0.39 is 0 Å². The first-order valence-electron chi connectivity index (χ1n) is 11.1. The Morgan fingerprint density at radius 3 is 1.76 bits per heavy atom. The summed E-state index contributed by atoms with van der Waals surface area (Å²) in [5, 5.41) is 3.69. The molecule has 0 saturated heterocycles. The average Bonchev–Trinajstić information content (AvgIpc) is 3.57. The van der Waals surface area contributed by atoms with E-state index in [0.717, 1.165) is 34.1 Å². The van der Waals surface area contributed by atoms with Crippen molar-refractivity contribution in [2.75, 3.05) is 0 Å². The zero-order chi connectivity index (χ0) is 21.8. The Bertz CT molecular complexity index is 1750. The third kappa shape index (κ3) is 2.63. The molecule has 0 unspecified atom stereocenters. The Hall–Kier alpha value is -4.50. The van der Waals surface area contributed by atoms with Crippen LogP contribution >= 0.6 is 0 Å². The highest BCUT2D eigenvalue weighted by atomic mass is 16.4. The van der Waals surface area contributed by atoms with Crippen LogP contribution in [0.2, 0.25) is 0 Å². The summed E-state index contributed by atoms with van der Waals surface area (Å²) < 4.78 is 11.1. The zero-order valence-electron chi connectivity index (χ0n) is 17.8. The van der Waals surface area contributed by atoms with Gasteiger partial charge >= 0.3 is 0 Å². The summed E-state index contributed by atoms with van der Waals surface area (Å²) in [5.74, 6) is 1.67. The Labute approximate surface area is 190 Å². The van der Waals surface area contributed by atoms with Crippen molar-refractivity contribution in [3.8, 4) is 22.9 Å². The average molecular weight is 425 g/mol. The number of para-hydroxylation sites is 3. The van der Waals surface area contributed by atoms with Gasteiger partial charge in [0.1, 0.15) is 11.4 Å². The van der Waals surface area contributed by atoms with Gasteiger partial charge in [-0.05, 0) is 30.3 Å². The van der Waals surface area contributed by atoms with Crippen molar-refractivity contribution in [1.29, 1.82) is 0 Å². The first-order chi connectivity index (χ1) is 16.4. The molecule has 0 fully saturated rings. The first-order valence-corrected chi connectivity index (χ1v) is 11.1. The smallest absolute Gasteiger partial charge is 0.206 e. The van der Waals surface area contributed by atoms with Crippen LogP contribution in [0.15, 0.2) is 126 Å². The molecule has 3 nitrogen and oxygen atoms in total. The maximum absolute atomic E-state index is 6.47. The minimum atomic E-state index is 0.806. The minimum absolute atomic E-state index is 0.806. The number of hydrogen-bond acceptors (Lipinski definition) is 1. The highest BCUT2D eigenvalue weighted by Crippen LogP contribution is 2.41. The van der Waals surface area contributed by atoms with Crippen molar-refractivity contribution in [3.63, 3.8) is 0 Å². The summed E-state index contributed by atoms with van der Waals surface area (Å²) in [4.78, 5) is 0. The fourth-order valence-corrected chi connectivity index (χ4v) is 4.96. The van der Waals surface area contributed by atoms with E-state index in [2.05, 4.69) is 112 Å². The molecular formula is C30H20N2O. The third-order valence-electron chi connectivity index (χ3n) is 6.36. The van der Waals surface area contributed by atoms with Crippen LogP contribution in [0.4, 0.5) is 0 Å². The number of nitrogens with zero attached hydrogens (tertiary/aromatic N) is 2. The van der Waals surface area contributed by atoms with Crippen LogP contribution in [0.25, 0.3) is 55.7 Å². The summed E-state index contributed by atoms with van der Waals surface area (Å²) in [6, 6.07) is 42.1. The second-order valence-electron chi connectivity index (χ2n) is 8.24. The fraction of sp³-hybridized carbons (Fsp3) is 0. The van der Waals surface area contributed by atoms with E-state index >= 15 is 0 Å². The molecule has 3 heteroatoms. The van der Waals surface area contributed by atoms with Crippen LogP contribution < -0.4 is 0 Å². The van der Waals surface area contributed by atoms with E-state index in [1.54, 1.807) is 0 Å². The largest absolute Gasteiger partial charge is 0.440 e. The van der Waals surface area contributed by atoms with Gasteiger partial charge in [0, 0.05) is 33.5 Å². The number of hydrogen-bond donors (Lipinski definition) is 0. The second kappa shape index (κ2) is 7.01. The molecule has 0 bridgehead atoms. The second-order valence-corrected chi connectivity index (χ2v) is 8.24. The lowest BCUT2D eigenvalue weighted by Crippen LogP contribution is -2.00. The number of benzene rings is 4. The standard InChI is InChI=1S/C30H20N2O/c1-3-11-21(12-4-1)27-19-20-28(33-27)32-26-18-10-8-16-24(26)29-23-15-7-9-17-25(23)31(30(29)32)22-13-5-2-6-14-22/h1-20H. The van der Waals surface area contributed by atoms with E-state index in [0.29, 0.717) is 0 Å². The minimum Gasteiger partial charge on any atom is -0.440 e. The number of furan rings is 1. The molecule has 3 aromatic heterocycles. The normalized spacial score (nSPS) is 11.6. The van der Waals surface area contributed by atoms with Gasteiger partial charge in [0.05, 0.1) is 11.0 Å². The molecule has 0 N–H and O–H groups in total. The number of aromatic nitrogens is 2. The van der Waals surface area contributed by atoms with Crippen LogP contribution in [0.3, 0.4) is 0 Å². The molecule has 0 aliphatic carbocycles. The molecule has 0 radical (unpaired) electrons. The van der Waals surface area contributed by atoms with E-state index in [1.807, 2.05) is 18.2 Å². The van der Waals surface area contributed by atoms with E-state index in [1.165, 1.54) is 21.7 Å². The van der Waals surface area contributed by atoms with E-state index in [-0.39, 0.29) is 0 Å². The molecule has 0 atom stereocenters. The summed E-state index contributed by atoms with van der Waals surface area (Å²) >= 11 is 0. The third-order valence-corrected chi connectivity index (χ3v) is 6.36. The van der Waals surface area contributed by atoms with Crippen molar-refractivity contribution in [2.45, 2.75) is 0 Å². The first kappa shape index (κ1) is 18.1. The highest BCUT2D eigenvalue weighted by molar-refractivity contribution is 6.22. The van der Waals surface area contributed by atoms with Crippen LogP contribution in [0.5, 0.6) is 0 Å². The predicted octanol–water partition coefficient (Wildman–Crippen LogP) is 7.99. The lowest BCUT2D eigenvalue weighted by molar-refractivity contribution is 0.559. The van der Waals surface area contributed by atoms with Crippen molar-refractivity contribution in [1.82, 2.24) is 9.13 Å². The lowest BCUT2D eigenvalue weighted by atomic mass is 10.1. The van der Waals surface area contributed by atoms with Crippen LogP contribution in [0, 0.1) is 0 Å². The molecule has 0 aliphatic rings. The molecule has 0 spiro atoms. The van der Waals surface area contributed by atoms with Crippen molar-refractivity contribution in [3.05, 3.63) is 121 Å². The van der Waals surface area contributed by atoms with E-state index in [9.17, 15) is 0 Å². The van der Waals surface area contributed by atoms with Gasteiger partial charge in [-0.25, -0.2) is 0 Å². The van der Waals surface area contributed by atoms with Gasteiger partial charge in [0.15, 0.2) is 0 Å². The summed E-state index contributed by atoms with van der Waals surface area (Å²) in [7, 11) is 0. The Morgan fingerprint density at radius 1 is 0.485 bits per heavy atom. The molecule has 3 heterocycles. The van der Waals surface area contributed by atoms with Gasteiger partial charge in [-0.3, -0.25) is 9.13 Å². The summed E-state index contributed by atoms with van der Waals surface area (Å²) in [6.45, 7) is 0. The van der Waals surface area contributed by atoms with Gasteiger partial charge in [0.25, 0.3) is 0 Å². The maximum atomic E-state index is 6.47. The van der Waals surface area contributed by atoms with Gasteiger partial charge in [-0.15, -0.1) is 0 Å². The van der Waals surface area contributed by atoms with Crippen molar-refractivity contribution >= 4 is 32.8 Å². The maximum Gasteiger partial charge on any atom is 0.206 e. The topological polar surface area (TPSA) is 23.0 Å². The molecule has 0 saturated carbocycles. The van der Waals surface area contributed by atoms with Gasteiger partial charge in [-0.2, -0.15) is 0 Å². The highest BCUT2D eigenvalue weighted by Gasteiger charge is 2.23. The predicted molar refractivity (Wildman–Crippen MR) is 135 cm³/mol. The van der Waals surface area contributed by atoms with Gasteiger partial charge < -0.3 is 4.42 Å². The number of fused-ring (bicyclic) bond motifs is 5. The number of rotatable bonds is 3. The van der Waals surface area contributed by atoms with Crippen molar-refractivity contribution < 1.29 is 4.42 Å². The van der Waals surface area contributed by atoms with Gasteiger partial charge in [0.2, 0.25) is 5.88 Å². The molecular weight excluding hydrogens is 404 g/mol. The molecule has 7 rings (SSSR count). The Kier molecular flexibility index (Phi) is 3.84.